The molecule has 0 aliphatic carbocycles. The summed E-state index contributed by atoms with van der Waals surface area (Å²) in [7, 11) is 1.46. The maximum absolute atomic E-state index is 13.0. The zero-order chi connectivity index (χ0) is 18.8. The van der Waals surface area contributed by atoms with Crippen molar-refractivity contribution in [2.45, 2.75) is 26.2 Å². The molecule has 1 heterocycles. The van der Waals surface area contributed by atoms with Crippen LogP contribution in [-0.2, 0) is 4.79 Å². The number of nitrogens with one attached hydrogen (secondary N) is 1. The van der Waals surface area contributed by atoms with Crippen LogP contribution in [-0.4, -0.2) is 29.7 Å². The molecule has 0 bridgehead atoms. The molecule has 134 valence electrons. The Kier molecular flexibility index (Phi) is 4.89. The predicted molar refractivity (Wildman–Crippen MR) is 100 cm³/mol. The first kappa shape index (κ1) is 17.9. The second-order valence-electron chi connectivity index (χ2n) is 6.69. The van der Waals surface area contributed by atoms with Crippen molar-refractivity contribution in [3.05, 3.63) is 65.2 Å². The molecule has 5 heteroatoms. The van der Waals surface area contributed by atoms with Crippen LogP contribution in [0.1, 0.15) is 52.5 Å². The minimum atomic E-state index is -0.345. The van der Waals surface area contributed by atoms with Gasteiger partial charge in [-0.25, -0.2) is 0 Å². The number of hydrogen-bond donors (Lipinski definition) is 1. The van der Waals surface area contributed by atoms with Gasteiger partial charge in [0.25, 0.3) is 11.8 Å². The van der Waals surface area contributed by atoms with Gasteiger partial charge in [0.2, 0.25) is 5.91 Å². The van der Waals surface area contributed by atoms with Gasteiger partial charge in [0.05, 0.1) is 17.0 Å². The van der Waals surface area contributed by atoms with Crippen LogP contribution in [0.5, 0.6) is 0 Å². The molecule has 3 rings (SSSR count). The van der Waals surface area contributed by atoms with Crippen LogP contribution in [0.4, 0.5) is 5.69 Å². The van der Waals surface area contributed by atoms with Crippen LogP contribution in [0.25, 0.3) is 0 Å². The van der Waals surface area contributed by atoms with Crippen molar-refractivity contribution in [2.75, 3.05) is 12.4 Å². The van der Waals surface area contributed by atoms with Crippen molar-refractivity contribution in [2.24, 2.45) is 5.92 Å². The average Bonchev–Trinajstić information content (AvgIpc) is 2.86. The smallest absolute Gasteiger partial charge is 0.261 e. The van der Waals surface area contributed by atoms with E-state index in [4.69, 9.17) is 0 Å². The summed E-state index contributed by atoms with van der Waals surface area (Å²) in [6.45, 7) is 4.11. The molecule has 5 nitrogen and oxygen atoms in total. The third-order valence-corrected chi connectivity index (χ3v) is 5.01. The Morgan fingerprint density at radius 3 is 2.35 bits per heavy atom. The summed E-state index contributed by atoms with van der Waals surface area (Å²) in [6.07, 6.45) is 0.870. The number of carbonyl (C=O) groups excluding carboxylic acids is 3. The van der Waals surface area contributed by atoms with E-state index in [1.54, 1.807) is 18.2 Å². The van der Waals surface area contributed by atoms with Gasteiger partial charge in [-0.2, -0.15) is 0 Å². The molecule has 0 unspecified atom stereocenters. The second-order valence-corrected chi connectivity index (χ2v) is 6.69. The number of fused-ring (bicyclic) bond motifs is 1. The Balaban J connectivity index is 1.87. The summed E-state index contributed by atoms with van der Waals surface area (Å²) in [5.41, 5.74) is 2.19. The average molecular weight is 350 g/mol. The van der Waals surface area contributed by atoms with Crippen LogP contribution < -0.4 is 5.32 Å². The zero-order valence-electron chi connectivity index (χ0n) is 15.2. The second kappa shape index (κ2) is 7.12. The van der Waals surface area contributed by atoms with Crippen molar-refractivity contribution in [1.82, 2.24) is 4.90 Å². The Morgan fingerprint density at radius 1 is 1.04 bits per heavy atom. The summed E-state index contributed by atoms with van der Waals surface area (Å²) >= 11 is 0. The van der Waals surface area contributed by atoms with Crippen LogP contribution in [0.2, 0.25) is 0 Å². The highest BCUT2D eigenvalue weighted by Crippen LogP contribution is 2.30. The van der Waals surface area contributed by atoms with E-state index in [-0.39, 0.29) is 29.6 Å². The van der Waals surface area contributed by atoms with Gasteiger partial charge in [0, 0.05) is 12.7 Å². The number of anilines is 1. The van der Waals surface area contributed by atoms with E-state index in [2.05, 4.69) is 19.2 Å². The van der Waals surface area contributed by atoms with E-state index in [9.17, 15) is 14.4 Å². The summed E-state index contributed by atoms with van der Waals surface area (Å²) in [6, 6.07) is 14.5. The van der Waals surface area contributed by atoms with Gasteiger partial charge >= 0.3 is 0 Å². The summed E-state index contributed by atoms with van der Waals surface area (Å²) in [5.74, 6) is -0.890. The maximum Gasteiger partial charge on any atom is 0.261 e. The lowest BCUT2D eigenvalue weighted by Gasteiger charge is -2.23. The first-order chi connectivity index (χ1) is 12.4. The summed E-state index contributed by atoms with van der Waals surface area (Å²) in [4.78, 5) is 38.2. The number of amides is 3. The summed E-state index contributed by atoms with van der Waals surface area (Å²) in [5, 5.41) is 2.91. The monoisotopic (exact) mass is 350 g/mol. The van der Waals surface area contributed by atoms with Crippen molar-refractivity contribution < 1.29 is 14.4 Å². The molecule has 2 aromatic rings. The highest BCUT2D eigenvalue weighted by Gasteiger charge is 2.33. The lowest BCUT2D eigenvalue weighted by atomic mass is 9.85. The Morgan fingerprint density at radius 2 is 1.69 bits per heavy atom. The van der Waals surface area contributed by atoms with Crippen LogP contribution in [0.3, 0.4) is 0 Å². The Bertz CT molecular complexity index is 861. The molecule has 2 aromatic carbocycles. The summed E-state index contributed by atoms with van der Waals surface area (Å²) < 4.78 is 0. The van der Waals surface area contributed by atoms with Gasteiger partial charge in [0.15, 0.2) is 0 Å². The van der Waals surface area contributed by atoms with E-state index in [1.807, 2.05) is 30.3 Å². The van der Waals surface area contributed by atoms with Gasteiger partial charge in [-0.3, -0.25) is 19.3 Å². The standard InChI is InChI=1S/C21H22N2O3/c1-4-13(2)18(14-8-6-5-7-9-14)19(24)22-15-10-11-16-17(12-15)21(26)23(3)20(16)25/h5-13,18H,4H2,1-3H3,(H,22,24)/t13-,18-/m1/s1. The molecule has 0 fully saturated rings. The molecule has 2 atom stereocenters. The number of benzene rings is 2. The van der Waals surface area contributed by atoms with Crippen LogP contribution in [0.15, 0.2) is 48.5 Å². The Labute approximate surface area is 153 Å². The van der Waals surface area contributed by atoms with Crippen molar-refractivity contribution in [1.29, 1.82) is 0 Å². The van der Waals surface area contributed by atoms with Crippen molar-refractivity contribution >= 4 is 23.4 Å². The predicted octanol–water partition coefficient (Wildman–Crippen LogP) is 3.68. The van der Waals surface area contributed by atoms with E-state index in [1.165, 1.54) is 7.05 Å². The third kappa shape index (κ3) is 3.12. The van der Waals surface area contributed by atoms with E-state index < -0.39 is 0 Å². The SMILES string of the molecule is CC[C@@H](C)[C@@H](C(=O)Nc1ccc2c(c1)C(=O)N(C)C2=O)c1ccccc1. The van der Waals surface area contributed by atoms with Gasteiger partial charge in [0.1, 0.15) is 0 Å². The van der Waals surface area contributed by atoms with Gasteiger partial charge < -0.3 is 5.32 Å². The minimum Gasteiger partial charge on any atom is -0.326 e. The topological polar surface area (TPSA) is 66.5 Å². The molecule has 1 N–H and O–H groups in total. The van der Waals surface area contributed by atoms with E-state index >= 15 is 0 Å². The lowest BCUT2D eigenvalue weighted by molar-refractivity contribution is -0.118. The Hall–Kier alpha value is -2.95. The molecule has 3 amide bonds. The fourth-order valence-electron chi connectivity index (χ4n) is 3.29. The molecule has 1 aliphatic rings. The van der Waals surface area contributed by atoms with Crippen LogP contribution in [0, 0.1) is 5.92 Å². The van der Waals surface area contributed by atoms with Gasteiger partial charge in [-0.15, -0.1) is 0 Å². The van der Waals surface area contributed by atoms with Crippen molar-refractivity contribution in [3.8, 4) is 0 Å². The molecule has 26 heavy (non-hydrogen) atoms. The molecular formula is C21H22N2O3. The number of imide groups is 1. The fraction of sp³-hybridized carbons (Fsp3) is 0.286. The minimum absolute atomic E-state index is 0.115. The van der Waals surface area contributed by atoms with Crippen molar-refractivity contribution in [3.63, 3.8) is 0 Å². The van der Waals surface area contributed by atoms with Gasteiger partial charge in [-0.05, 0) is 29.7 Å². The molecule has 0 saturated heterocycles. The van der Waals surface area contributed by atoms with E-state index in [0.717, 1.165) is 16.9 Å². The molecule has 1 aliphatic heterocycles. The molecular weight excluding hydrogens is 328 g/mol. The molecule has 0 radical (unpaired) electrons. The quantitative estimate of drug-likeness (QED) is 0.837. The first-order valence-electron chi connectivity index (χ1n) is 8.76. The lowest BCUT2D eigenvalue weighted by Crippen LogP contribution is -2.26. The van der Waals surface area contributed by atoms with Crippen LogP contribution >= 0.6 is 0 Å². The molecule has 0 spiro atoms. The number of nitrogens with zero attached hydrogens (tertiary/aromatic N) is 1. The number of carbonyl (C=O) groups is 3. The highest BCUT2D eigenvalue weighted by molar-refractivity contribution is 6.21. The zero-order valence-corrected chi connectivity index (χ0v) is 15.2. The van der Waals surface area contributed by atoms with E-state index in [0.29, 0.717) is 16.8 Å². The van der Waals surface area contributed by atoms with Gasteiger partial charge in [-0.1, -0.05) is 50.6 Å². The fourth-order valence-corrected chi connectivity index (χ4v) is 3.29. The number of rotatable bonds is 5. The normalized spacial score (nSPS) is 15.6. The third-order valence-electron chi connectivity index (χ3n) is 5.01. The number of hydrogen-bond acceptors (Lipinski definition) is 3. The molecule has 0 aromatic heterocycles. The molecule has 0 saturated carbocycles. The maximum atomic E-state index is 13.0. The highest BCUT2D eigenvalue weighted by atomic mass is 16.2. The first-order valence-corrected chi connectivity index (χ1v) is 8.76. The largest absolute Gasteiger partial charge is 0.326 e.